The predicted molar refractivity (Wildman–Crippen MR) is 132 cm³/mol. The number of benzene rings is 2. The number of likely N-dealkylation sites (N-methyl/N-ethyl adjacent to an activating group) is 1. The van der Waals surface area contributed by atoms with Gasteiger partial charge in [-0.25, -0.2) is 0 Å². The van der Waals surface area contributed by atoms with Gasteiger partial charge in [0.15, 0.2) is 5.72 Å². The average molecular weight is 457 g/mol. The fourth-order valence-electron chi connectivity index (χ4n) is 8.72. The maximum atomic E-state index is 14.0. The first-order chi connectivity index (χ1) is 16.4. The number of esters is 1. The van der Waals surface area contributed by atoms with E-state index in [-0.39, 0.29) is 17.9 Å². The van der Waals surface area contributed by atoms with E-state index in [4.69, 9.17) is 9.47 Å². The van der Waals surface area contributed by atoms with Crippen molar-refractivity contribution >= 4 is 11.7 Å². The molecule has 0 unspecified atom stereocenters. The first-order valence-corrected chi connectivity index (χ1v) is 12.5. The van der Waals surface area contributed by atoms with Crippen LogP contribution in [0.4, 0.5) is 5.69 Å². The molecule has 3 saturated heterocycles. The summed E-state index contributed by atoms with van der Waals surface area (Å²) >= 11 is 0. The lowest BCUT2D eigenvalue weighted by molar-refractivity contribution is -0.183. The largest absolute Gasteiger partial charge is 0.468 e. The highest BCUT2D eigenvalue weighted by atomic mass is 16.6. The van der Waals surface area contributed by atoms with Gasteiger partial charge in [-0.3, -0.25) is 9.69 Å². The minimum absolute atomic E-state index is 0.102. The number of carbonyl (C=O) groups is 1. The molecule has 176 valence electrons. The Hall–Kier alpha value is -2.63. The van der Waals surface area contributed by atoms with E-state index in [1.54, 1.807) is 7.11 Å². The summed E-state index contributed by atoms with van der Waals surface area (Å²) < 4.78 is 12.6. The van der Waals surface area contributed by atoms with Gasteiger partial charge in [0.1, 0.15) is 5.41 Å². The van der Waals surface area contributed by atoms with Crippen molar-refractivity contribution in [2.24, 2.45) is 11.3 Å². The number of allylic oxidation sites excluding steroid dienone is 1. The Morgan fingerprint density at radius 2 is 1.94 bits per heavy atom. The van der Waals surface area contributed by atoms with E-state index in [9.17, 15) is 4.79 Å². The SMILES string of the molecule is C/C=C1/CN2CC[C@@]34c5cc(-c6ccc(C)cc6)ccc5N(C)[C@]35OC[C@@]4(C(=O)OC)[C@H]1C[C@H]25. The molecular formula is C29H32N2O3. The Morgan fingerprint density at radius 1 is 1.18 bits per heavy atom. The van der Waals surface area contributed by atoms with Crippen molar-refractivity contribution in [1.29, 1.82) is 0 Å². The van der Waals surface area contributed by atoms with E-state index in [0.717, 1.165) is 25.9 Å². The van der Waals surface area contributed by atoms with Gasteiger partial charge in [0.25, 0.3) is 0 Å². The third kappa shape index (κ3) is 1.98. The first-order valence-electron chi connectivity index (χ1n) is 12.5. The van der Waals surface area contributed by atoms with Gasteiger partial charge in [-0.1, -0.05) is 47.5 Å². The van der Waals surface area contributed by atoms with Crippen LogP contribution in [0.25, 0.3) is 11.1 Å². The van der Waals surface area contributed by atoms with Crippen LogP contribution in [0.1, 0.15) is 30.9 Å². The molecule has 5 atom stereocenters. The van der Waals surface area contributed by atoms with E-state index in [1.165, 1.54) is 33.5 Å². The van der Waals surface area contributed by atoms with Crippen LogP contribution in [0, 0.1) is 18.3 Å². The molecule has 4 fully saturated rings. The number of aryl methyl sites for hydroxylation is 1. The smallest absolute Gasteiger partial charge is 0.315 e. The Labute approximate surface area is 201 Å². The van der Waals surface area contributed by atoms with Crippen molar-refractivity contribution in [1.82, 2.24) is 4.90 Å². The Balaban J connectivity index is 1.53. The molecule has 0 radical (unpaired) electrons. The van der Waals surface area contributed by atoms with Crippen LogP contribution in [-0.4, -0.2) is 56.5 Å². The molecule has 4 aliphatic heterocycles. The average Bonchev–Trinajstić information content (AvgIpc) is 3.24. The highest BCUT2D eigenvalue weighted by Gasteiger charge is 2.86. The fourth-order valence-corrected chi connectivity index (χ4v) is 8.72. The number of carbonyl (C=O) groups excluding carboxylic acids is 1. The molecular weight excluding hydrogens is 424 g/mol. The second kappa shape index (κ2) is 6.52. The molecule has 5 nitrogen and oxygen atoms in total. The Morgan fingerprint density at radius 3 is 2.68 bits per heavy atom. The van der Waals surface area contributed by atoms with Gasteiger partial charge >= 0.3 is 5.97 Å². The van der Waals surface area contributed by atoms with Crippen LogP contribution in [0.15, 0.2) is 54.1 Å². The highest BCUT2D eigenvalue weighted by Crippen LogP contribution is 2.76. The quantitative estimate of drug-likeness (QED) is 0.498. The monoisotopic (exact) mass is 456 g/mol. The lowest BCUT2D eigenvalue weighted by Gasteiger charge is -2.66. The van der Waals surface area contributed by atoms with E-state index >= 15 is 0 Å². The molecule has 0 N–H and O–H groups in total. The predicted octanol–water partition coefficient (Wildman–Crippen LogP) is 4.29. The maximum absolute atomic E-state index is 14.0. The topological polar surface area (TPSA) is 42.0 Å². The van der Waals surface area contributed by atoms with Crippen LogP contribution >= 0.6 is 0 Å². The zero-order chi connectivity index (χ0) is 23.5. The number of fused-ring (bicyclic) bond motifs is 3. The standard InChI is InChI=1S/C29H32N2O3/c1-5-19-16-31-13-12-28-23-14-21(20-8-6-18(2)7-9-20)10-11-24(23)30(3)29(28)25(31)15-22(19)27(28,17-34-29)26(32)33-4/h5-11,14,22,25H,12-13,15-17H2,1-4H3/b19-5-/t22-,25-,27-,28-,29+/m0/s1. The van der Waals surface area contributed by atoms with Crippen LogP contribution in [-0.2, 0) is 19.7 Å². The normalized spacial score (nSPS) is 38.2. The van der Waals surface area contributed by atoms with Crippen molar-refractivity contribution in [3.8, 4) is 11.1 Å². The van der Waals surface area contributed by atoms with Crippen LogP contribution < -0.4 is 4.90 Å². The zero-order valence-electron chi connectivity index (χ0n) is 20.4. The molecule has 0 amide bonds. The Kier molecular flexibility index (Phi) is 3.98. The second-order valence-electron chi connectivity index (χ2n) is 10.9. The van der Waals surface area contributed by atoms with Gasteiger partial charge in [0.2, 0.25) is 0 Å². The van der Waals surface area contributed by atoms with Crippen molar-refractivity contribution < 1.29 is 14.3 Å². The summed E-state index contributed by atoms with van der Waals surface area (Å²) in [7, 11) is 3.73. The summed E-state index contributed by atoms with van der Waals surface area (Å²) in [6.07, 6.45) is 4.09. The molecule has 5 aliphatic rings. The summed E-state index contributed by atoms with van der Waals surface area (Å²) in [5.74, 6) is 0.0408. The number of ether oxygens (including phenoxy) is 2. The van der Waals surface area contributed by atoms with Crippen LogP contribution in [0.3, 0.4) is 0 Å². The van der Waals surface area contributed by atoms with E-state index in [2.05, 4.69) is 79.2 Å². The second-order valence-corrected chi connectivity index (χ2v) is 10.9. The van der Waals surface area contributed by atoms with Gasteiger partial charge in [-0.2, -0.15) is 0 Å². The number of methoxy groups -OCH3 is 1. The first kappa shape index (κ1) is 20.7. The van der Waals surface area contributed by atoms with E-state index < -0.39 is 16.6 Å². The molecule has 5 heteroatoms. The molecule has 1 saturated carbocycles. The minimum atomic E-state index is -0.710. The molecule has 0 spiro atoms. The minimum Gasteiger partial charge on any atom is -0.468 e. The lowest BCUT2D eigenvalue weighted by atomic mass is 9.43. The number of nitrogens with zero attached hydrogens (tertiary/aromatic N) is 2. The summed E-state index contributed by atoms with van der Waals surface area (Å²) in [5, 5.41) is 0. The summed E-state index contributed by atoms with van der Waals surface area (Å²) in [5.41, 5.74) is 5.80. The van der Waals surface area contributed by atoms with Gasteiger partial charge in [-0.15, -0.1) is 0 Å². The molecule has 0 aromatic heterocycles. The van der Waals surface area contributed by atoms with Gasteiger partial charge in [0.05, 0.1) is 25.2 Å². The van der Waals surface area contributed by atoms with E-state index in [0.29, 0.717) is 6.61 Å². The maximum Gasteiger partial charge on any atom is 0.315 e. The van der Waals surface area contributed by atoms with Crippen LogP contribution in [0.2, 0.25) is 0 Å². The molecule has 2 aromatic carbocycles. The summed E-state index contributed by atoms with van der Waals surface area (Å²) in [6, 6.07) is 15.8. The highest BCUT2D eigenvalue weighted by molar-refractivity contribution is 5.87. The van der Waals surface area contributed by atoms with Gasteiger partial charge in [0, 0.05) is 31.7 Å². The number of hydrogen-bond acceptors (Lipinski definition) is 5. The summed E-state index contributed by atoms with van der Waals surface area (Å²) in [4.78, 5) is 19.0. The third-order valence-electron chi connectivity index (χ3n) is 10.1. The number of rotatable bonds is 2. The molecule has 2 aromatic rings. The van der Waals surface area contributed by atoms with Crippen molar-refractivity contribution in [3.05, 3.63) is 65.2 Å². The third-order valence-corrected chi connectivity index (χ3v) is 10.1. The van der Waals surface area contributed by atoms with Gasteiger partial charge in [-0.05, 0) is 55.5 Å². The molecule has 1 aliphatic carbocycles. The van der Waals surface area contributed by atoms with Crippen molar-refractivity contribution in [3.63, 3.8) is 0 Å². The molecule has 4 heterocycles. The number of hydrogen-bond donors (Lipinski definition) is 0. The number of anilines is 1. The van der Waals surface area contributed by atoms with Crippen molar-refractivity contribution in [2.75, 3.05) is 38.8 Å². The molecule has 5 bridgehead atoms. The van der Waals surface area contributed by atoms with Crippen LogP contribution in [0.5, 0.6) is 0 Å². The van der Waals surface area contributed by atoms with Gasteiger partial charge < -0.3 is 14.4 Å². The molecule has 7 rings (SSSR count). The molecule has 34 heavy (non-hydrogen) atoms. The summed E-state index contributed by atoms with van der Waals surface area (Å²) in [6.45, 7) is 6.55. The fraction of sp³-hybridized carbons (Fsp3) is 0.483. The van der Waals surface area contributed by atoms with Crippen molar-refractivity contribution in [2.45, 2.75) is 43.9 Å². The lowest BCUT2D eigenvalue weighted by Crippen LogP contribution is -2.80. The Bertz CT molecular complexity index is 1250. The number of piperidine rings is 2. The van der Waals surface area contributed by atoms with E-state index in [1.807, 2.05) is 0 Å². The zero-order valence-corrected chi connectivity index (χ0v) is 20.4.